The summed E-state index contributed by atoms with van der Waals surface area (Å²) < 4.78 is 9.70. The summed E-state index contributed by atoms with van der Waals surface area (Å²) in [6, 6.07) is 0. The van der Waals surface area contributed by atoms with E-state index in [1.807, 2.05) is 0 Å². The van der Waals surface area contributed by atoms with Crippen molar-refractivity contribution in [2.24, 2.45) is 0 Å². The van der Waals surface area contributed by atoms with Gasteiger partial charge in [0, 0.05) is 12.0 Å². The zero-order chi connectivity index (χ0) is 9.68. The van der Waals surface area contributed by atoms with Crippen LogP contribution in [-0.2, 0) is 19.1 Å². The molecule has 0 aromatic heterocycles. The first kappa shape index (κ1) is 9.92. The van der Waals surface area contributed by atoms with Gasteiger partial charge in [0.2, 0.25) is 0 Å². The Hall–Kier alpha value is -1.16. The Morgan fingerprint density at radius 2 is 2.38 bits per heavy atom. The quantitative estimate of drug-likeness (QED) is 0.260. The topological polar surface area (TPSA) is 55.9 Å². The fourth-order valence-electron chi connectivity index (χ4n) is 0.770. The highest BCUT2D eigenvalue weighted by Gasteiger charge is 2.24. The van der Waals surface area contributed by atoms with Gasteiger partial charge in [-0.05, 0) is 6.42 Å². The number of carbonyl (C=O) groups is 2. The molecule has 4 heteroatoms. The highest BCUT2D eigenvalue weighted by molar-refractivity contribution is 5.88. The van der Waals surface area contributed by atoms with Gasteiger partial charge in [0.25, 0.3) is 0 Å². The lowest BCUT2D eigenvalue weighted by Gasteiger charge is -2.03. The van der Waals surface area contributed by atoms with Gasteiger partial charge >= 0.3 is 5.97 Å². The number of epoxide rings is 1. The summed E-state index contributed by atoms with van der Waals surface area (Å²) in [4.78, 5) is 21.1. The molecule has 0 bridgehead atoms. The van der Waals surface area contributed by atoms with Crippen LogP contribution in [0.25, 0.3) is 0 Å². The first-order chi connectivity index (χ1) is 6.24. The van der Waals surface area contributed by atoms with E-state index in [4.69, 9.17) is 9.47 Å². The lowest BCUT2D eigenvalue weighted by Crippen LogP contribution is -2.11. The minimum absolute atomic E-state index is 0.0721. The van der Waals surface area contributed by atoms with Crippen LogP contribution in [0.4, 0.5) is 0 Å². The van der Waals surface area contributed by atoms with Crippen LogP contribution < -0.4 is 0 Å². The van der Waals surface area contributed by atoms with E-state index in [1.165, 1.54) is 0 Å². The second kappa shape index (κ2) is 4.77. The Balaban J connectivity index is 2.12. The van der Waals surface area contributed by atoms with E-state index in [0.717, 1.165) is 6.29 Å². The molecule has 1 aliphatic rings. The minimum Gasteiger partial charge on any atom is -0.459 e. The van der Waals surface area contributed by atoms with Crippen molar-refractivity contribution in [3.8, 4) is 0 Å². The summed E-state index contributed by atoms with van der Waals surface area (Å²) in [6.07, 6.45) is 1.51. The molecule has 1 heterocycles. The van der Waals surface area contributed by atoms with Crippen molar-refractivity contribution in [1.29, 1.82) is 0 Å². The van der Waals surface area contributed by atoms with Crippen LogP contribution >= 0.6 is 0 Å². The van der Waals surface area contributed by atoms with Gasteiger partial charge in [0.05, 0.1) is 6.61 Å². The molecule has 13 heavy (non-hydrogen) atoms. The molecule has 1 fully saturated rings. The number of hydrogen-bond acceptors (Lipinski definition) is 4. The zero-order valence-corrected chi connectivity index (χ0v) is 7.32. The largest absolute Gasteiger partial charge is 0.459 e. The molecule has 1 unspecified atom stereocenters. The third-order valence-corrected chi connectivity index (χ3v) is 1.66. The molecule has 0 aliphatic carbocycles. The number of aldehydes is 1. The number of esters is 1. The van der Waals surface area contributed by atoms with Gasteiger partial charge in [0.1, 0.15) is 19.0 Å². The maximum atomic E-state index is 11.1. The van der Waals surface area contributed by atoms with E-state index in [1.54, 1.807) is 0 Å². The molecule has 72 valence electrons. The van der Waals surface area contributed by atoms with Gasteiger partial charge in [-0.25, -0.2) is 4.79 Å². The standard InChI is InChI=1S/C9H12O4/c1-7(3-2-4-10)9(11)13-6-8-5-12-8/h4,8H,1-3,5-6H2. The molecular weight excluding hydrogens is 172 g/mol. The van der Waals surface area contributed by atoms with Crippen LogP contribution in [0.1, 0.15) is 12.8 Å². The maximum Gasteiger partial charge on any atom is 0.333 e. The summed E-state index contributed by atoms with van der Waals surface area (Å²) in [6.45, 7) is 4.47. The molecule has 1 rings (SSSR count). The van der Waals surface area contributed by atoms with E-state index in [0.29, 0.717) is 31.6 Å². The van der Waals surface area contributed by atoms with Crippen LogP contribution in [0.15, 0.2) is 12.2 Å². The van der Waals surface area contributed by atoms with Crippen LogP contribution in [0, 0.1) is 0 Å². The lowest BCUT2D eigenvalue weighted by atomic mass is 10.2. The van der Waals surface area contributed by atoms with Gasteiger partial charge in [-0.3, -0.25) is 0 Å². The smallest absolute Gasteiger partial charge is 0.333 e. The fraction of sp³-hybridized carbons (Fsp3) is 0.556. The molecule has 0 aromatic rings. The minimum atomic E-state index is -0.433. The van der Waals surface area contributed by atoms with Crippen molar-refractivity contribution in [3.05, 3.63) is 12.2 Å². The maximum absolute atomic E-state index is 11.1. The van der Waals surface area contributed by atoms with Crippen molar-refractivity contribution in [1.82, 2.24) is 0 Å². The van der Waals surface area contributed by atoms with Crippen molar-refractivity contribution in [2.75, 3.05) is 13.2 Å². The van der Waals surface area contributed by atoms with Crippen LogP contribution in [0.3, 0.4) is 0 Å². The molecule has 0 N–H and O–H groups in total. The SMILES string of the molecule is C=C(CCC=O)C(=O)OCC1CO1. The number of ether oxygens (including phenoxy) is 2. The molecule has 4 nitrogen and oxygen atoms in total. The highest BCUT2D eigenvalue weighted by atomic mass is 16.6. The Labute approximate surface area is 76.5 Å². The van der Waals surface area contributed by atoms with E-state index in [2.05, 4.69) is 6.58 Å². The first-order valence-corrected chi connectivity index (χ1v) is 4.14. The van der Waals surface area contributed by atoms with Crippen molar-refractivity contribution >= 4 is 12.3 Å². The summed E-state index contributed by atoms with van der Waals surface area (Å²) in [5.74, 6) is -0.433. The molecule has 1 saturated heterocycles. The van der Waals surface area contributed by atoms with Gasteiger partial charge in [-0.15, -0.1) is 0 Å². The summed E-state index contributed by atoms with van der Waals surface area (Å²) in [5.41, 5.74) is 0.341. The summed E-state index contributed by atoms with van der Waals surface area (Å²) in [7, 11) is 0. The second-order valence-electron chi connectivity index (χ2n) is 2.86. The normalized spacial score (nSPS) is 19.2. The summed E-state index contributed by atoms with van der Waals surface area (Å²) in [5, 5.41) is 0. The van der Waals surface area contributed by atoms with Gasteiger partial charge in [-0.2, -0.15) is 0 Å². The average molecular weight is 184 g/mol. The van der Waals surface area contributed by atoms with Crippen LogP contribution in [0.2, 0.25) is 0 Å². The monoisotopic (exact) mass is 184 g/mol. The molecular formula is C9H12O4. The second-order valence-corrected chi connectivity index (χ2v) is 2.86. The Morgan fingerprint density at radius 1 is 1.69 bits per heavy atom. The zero-order valence-electron chi connectivity index (χ0n) is 7.32. The lowest BCUT2D eigenvalue weighted by molar-refractivity contribution is -0.139. The van der Waals surface area contributed by atoms with E-state index in [9.17, 15) is 9.59 Å². The Kier molecular flexibility index (Phi) is 3.64. The molecule has 0 amide bonds. The van der Waals surface area contributed by atoms with E-state index in [-0.39, 0.29) is 6.10 Å². The van der Waals surface area contributed by atoms with Gasteiger partial charge in [0.15, 0.2) is 0 Å². The number of hydrogen-bond donors (Lipinski definition) is 0. The Bertz CT molecular complexity index is 218. The number of carbonyl (C=O) groups excluding carboxylic acids is 2. The third-order valence-electron chi connectivity index (χ3n) is 1.66. The average Bonchev–Trinajstić information content (AvgIpc) is 2.93. The van der Waals surface area contributed by atoms with E-state index < -0.39 is 5.97 Å². The van der Waals surface area contributed by atoms with Crippen LogP contribution in [0.5, 0.6) is 0 Å². The number of rotatable bonds is 6. The highest BCUT2D eigenvalue weighted by Crippen LogP contribution is 2.10. The van der Waals surface area contributed by atoms with Crippen LogP contribution in [-0.4, -0.2) is 31.6 Å². The first-order valence-electron chi connectivity index (χ1n) is 4.14. The molecule has 0 saturated carbocycles. The molecule has 0 aromatic carbocycles. The fourth-order valence-corrected chi connectivity index (χ4v) is 0.770. The van der Waals surface area contributed by atoms with Gasteiger partial charge in [-0.1, -0.05) is 6.58 Å². The Morgan fingerprint density at radius 3 is 2.92 bits per heavy atom. The van der Waals surface area contributed by atoms with Gasteiger partial charge < -0.3 is 14.3 Å². The summed E-state index contributed by atoms with van der Waals surface area (Å²) >= 11 is 0. The third kappa shape index (κ3) is 3.85. The molecule has 0 spiro atoms. The predicted molar refractivity (Wildman–Crippen MR) is 45.1 cm³/mol. The predicted octanol–water partition coefficient (Wildman–Crippen LogP) is 0.464. The molecule has 1 atom stereocenters. The molecule has 1 aliphatic heterocycles. The molecule has 0 radical (unpaired) electrons. The van der Waals surface area contributed by atoms with Crippen molar-refractivity contribution < 1.29 is 19.1 Å². The van der Waals surface area contributed by atoms with Crippen molar-refractivity contribution in [2.45, 2.75) is 18.9 Å². The van der Waals surface area contributed by atoms with Crippen molar-refractivity contribution in [3.63, 3.8) is 0 Å². The van der Waals surface area contributed by atoms with E-state index >= 15 is 0 Å².